The van der Waals surface area contributed by atoms with Gasteiger partial charge in [-0.3, -0.25) is 4.68 Å². The van der Waals surface area contributed by atoms with Gasteiger partial charge >= 0.3 is 0 Å². The van der Waals surface area contributed by atoms with Crippen LogP contribution in [0.1, 0.15) is 17.7 Å². The smallest absolute Gasteiger partial charge is 0.0492 e. The molecule has 1 aromatic carbocycles. The summed E-state index contributed by atoms with van der Waals surface area (Å²) in [4.78, 5) is 0. The zero-order valence-corrected chi connectivity index (χ0v) is 10.2. The van der Waals surface area contributed by atoms with Crippen LogP contribution in [0.25, 0.3) is 0 Å². The van der Waals surface area contributed by atoms with Crippen LogP contribution in [0.5, 0.6) is 0 Å². The fourth-order valence-corrected chi connectivity index (χ4v) is 2.00. The van der Waals surface area contributed by atoms with Crippen molar-refractivity contribution >= 4 is 0 Å². The molecule has 1 heterocycles. The van der Waals surface area contributed by atoms with Crippen molar-refractivity contribution in [1.29, 1.82) is 0 Å². The van der Waals surface area contributed by atoms with E-state index in [1.165, 1.54) is 11.3 Å². The molecule has 2 aromatic rings. The topological polar surface area (TPSA) is 43.8 Å². The number of hydrogen-bond donors (Lipinski definition) is 1. The summed E-state index contributed by atoms with van der Waals surface area (Å²) < 4.78 is 1.91. The van der Waals surface area contributed by atoms with Crippen molar-refractivity contribution in [1.82, 2.24) is 9.78 Å². The first kappa shape index (κ1) is 11.9. The van der Waals surface area contributed by atoms with Crippen molar-refractivity contribution in [2.24, 2.45) is 12.8 Å². The maximum Gasteiger partial charge on any atom is 0.0492 e. The van der Waals surface area contributed by atoms with Gasteiger partial charge in [0.1, 0.15) is 0 Å². The summed E-state index contributed by atoms with van der Waals surface area (Å²) in [6.07, 6.45) is 4.76. The van der Waals surface area contributed by atoms with Crippen LogP contribution in [0.3, 0.4) is 0 Å². The molecule has 1 aromatic heterocycles. The molecule has 0 amide bonds. The fourth-order valence-electron chi connectivity index (χ4n) is 2.00. The molecule has 0 aliphatic heterocycles. The quantitative estimate of drug-likeness (QED) is 0.851. The summed E-state index contributed by atoms with van der Waals surface area (Å²) in [6, 6.07) is 12.7. The van der Waals surface area contributed by atoms with Crippen LogP contribution in [-0.4, -0.2) is 15.8 Å². The molecule has 0 saturated carbocycles. The van der Waals surface area contributed by atoms with E-state index in [0.717, 1.165) is 19.3 Å². The third-order valence-electron chi connectivity index (χ3n) is 3.03. The minimum absolute atomic E-state index is 0.215. The van der Waals surface area contributed by atoms with Crippen molar-refractivity contribution in [3.8, 4) is 0 Å². The molecule has 0 aliphatic carbocycles. The second-order valence-electron chi connectivity index (χ2n) is 4.43. The Bertz CT molecular complexity index is 448. The van der Waals surface area contributed by atoms with Crippen molar-refractivity contribution in [3.63, 3.8) is 0 Å². The minimum atomic E-state index is 0.215. The van der Waals surface area contributed by atoms with Crippen LogP contribution >= 0.6 is 0 Å². The standard InChI is InChI=1S/C14H19N3/c1-17-14(9-10-16-17)8-7-13(15)11-12-5-3-2-4-6-12/h2-6,9-10,13H,7-8,11,15H2,1H3. The highest BCUT2D eigenvalue weighted by molar-refractivity contribution is 5.15. The number of hydrogen-bond acceptors (Lipinski definition) is 2. The predicted octanol–water partition coefficient (Wildman–Crippen LogP) is 1.92. The SMILES string of the molecule is Cn1nccc1CCC(N)Cc1ccccc1. The summed E-state index contributed by atoms with van der Waals surface area (Å²) in [6.45, 7) is 0. The molecule has 2 rings (SSSR count). The van der Waals surface area contributed by atoms with Crippen LogP contribution < -0.4 is 5.73 Å². The maximum absolute atomic E-state index is 6.14. The number of nitrogens with zero attached hydrogens (tertiary/aromatic N) is 2. The predicted molar refractivity (Wildman–Crippen MR) is 69.7 cm³/mol. The lowest BCUT2D eigenvalue weighted by Crippen LogP contribution is -2.23. The second kappa shape index (κ2) is 5.64. The van der Waals surface area contributed by atoms with Crippen molar-refractivity contribution < 1.29 is 0 Å². The molecule has 0 saturated heterocycles. The summed E-state index contributed by atoms with van der Waals surface area (Å²) in [5.74, 6) is 0. The highest BCUT2D eigenvalue weighted by Gasteiger charge is 2.06. The van der Waals surface area contributed by atoms with Gasteiger partial charge < -0.3 is 5.73 Å². The number of nitrogens with two attached hydrogens (primary N) is 1. The van der Waals surface area contributed by atoms with Gasteiger partial charge in [-0.15, -0.1) is 0 Å². The van der Waals surface area contributed by atoms with Gasteiger partial charge in [0, 0.05) is 25.0 Å². The van der Waals surface area contributed by atoms with E-state index >= 15 is 0 Å². The van der Waals surface area contributed by atoms with Crippen molar-refractivity contribution in [2.75, 3.05) is 0 Å². The van der Waals surface area contributed by atoms with Crippen molar-refractivity contribution in [2.45, 2.75) is 25.3 Å². The normalized spacial score (nSPS) is 12.6. The van der Waals surface area contributed by atoms with E-state index in [-0.39, 0.29) is 6.04 Å². The number of aromatic nitrogens is 2. The largest absolute Gasteiger partial charge is 0.327 e. The average Bonchev–Trinajstić information content (AvgIpc) is 2.74. The van der Waals surface area contributed by atoms with E-state index in [9.17, 15) is 0 Å². The van der Waals surface area contributed by atoms with E-state index in [4.69, 9.17) is 5.73 Å². The highest BCUT2D eigenvalue weighted by atomic mass is 15.2. The Kier molecular flexibility index (Phi) is 3.94. The average molecular weight is 229 g/mol. The monoisotopic (exact) mass is 229 g/mol. The molecular formula is C14H19N3. The molecule has 0 aliphatic rings. The molecule has 17 heavy (non-hydrogen) atoms. The maximum atomic E-state index is 6.14. The van der Waals surface area contributed by atoms with Gasteiger partial charge in [-0.25, -0.2) is 0 Å². The Morgan fingerprint density at radius 2 is 2.00 bits per heavy atom. The molecule has 3 nitrogen and oxygen atoms in total. The third kappa shape index (κ3) is 3.43. The van der Waals surface area contributed by atoms with Gasteiger partial charge in [0.2, 0.25) is 0 Å². The van der Waals surface area contributed by atoms with Crippen LogP contribution in [0, 0.1) is 0 Å². The van der Waals surface area contributed by atoms with Gasteiger partial charge in [-0.1, -0.05) is 30.3 Å². The Balaban J connectivity index is 1.82. The van der Waals surface area contributed by atoms with Crippen molar-refractivity contribution in [3.05, 3.63) is 53.9 Å². The Labute approximate surface area is 102 Å². The Morgan fingerprint density at radius 3 is 2.65 bits per heavy atom. The van der Waals surface area contributed by atoms with Crippen LogP contribution in [0.15, 0.2) is 42.6 Å². The molecule has 3 heteroatoms. The zero-order valence-electron chi connectivity index (χ0n) is 10.2. The van der Waals surface area contributed by atoms with E-state index in [1.54, 1.807) is 0 Å². The molecule has 2 N–H and O–H groups in total. The first-order valence-electron chi connectivity index (χ1n) is 6.02. The van der Waals surface area contributed by atoms with E-state index in [0.29, 0.717) is 0 Å². The molecule has 1 unspecified atom stereocenters. The van der Waals surface area contributed by atoms with Gasteiger partial charge in [0.15, 0.2) is 0 Å². The lowest BCUT2D eigenvalue weighted by Gasteiger charge is -2.11. The van der Waals surface area contributed by atoms with Crippen LogP contribution in [-0.2, 0) is 19.9 Å². The summed E-state index contributed by atoms with van der Waals surface area (Å²) in [7, 11) is 1.97. The number of benzene rings is 1. The third-order valence-corrected chi connectivity index (χ3v) is 3.03. The second-order valence-corrected chi connectivity index (χ2v) is 4.43. The van der Waals surface area contributed by atoms with Crippen LogP contribution in [0.4, 0.5) is 0 Å². The lowest BCUT2D eigenvalue weighted by molar-refractivity contribution is 0.586. The fraction of sp³-hybridized carbons (Fsp3) is 0.357. The first-order valence-corrected chi connectivity index (χ1v) is 6.02. The van der Waals surface area contributed by atoms with E-state index < -0.39 is 0 Å². The minimum Gasteiger partial charge on any atom is -0.327 e. The molecule has 90 valence electrons. The summed E-state index contributed by atoms with van der Waals surface area (Å²) in [5.41, 5.74) is 8.70. The molecule has 0 spiro atoms. The number of aryl methyl sites for hydroxylation is 2. The van der Waals surface area contributed by atoms with E-state index in [2.05, 4.69) is 35.4 Å². The van der Waals surface area contributed by atoms with Crippen LogP contribution in [0.2, 0.25) is 0 Å². The van der Waals surface area contributed by atoms with Gasteiger partial charge in [0.05, 0.1) is 0 Å². The molecule has 0 fully saturated rings. The molecule has 0 radical (unpaired) electrons. The molecule has 0 bridgehead atoms. The summed E-state index contributed by atoms with van der Waals surface area (Å²) >= 11 is 0. The highest BCUT2D eigenvalue weighted by Crippen LogP contribution is 2.07. The Hall–Kier alpha value is -1.61. The lowest BCUT2D eigenvalue weighted by atomic mass is 10.0. The van der Waals surface area contributed by atoms with Gasteiger partial charge in [0.25, 0.3) is 0 Å². The van der Waals surface area contributed by atoms with E-state index in [1.807, 2.05) is 24.0 Å². The zero-order chi connectivity index (χ0) is 12.1. The summed E-state index contributed by atoms with van der Waals surface area (Å²) in [5, 5.41) is 4.15. The van der Waals surface area contributed by atoms with Gasteiger partial charge in [-0.05, 0) is 30.9 Å². The first-order chi connectivity index (χ1) is 8.25. The Morgan fingerprint density at radius 1 is 1.24 bits per heavy atom. The number of rotatable bonds is 5. The van der Waals surface area contributed by atoms with Gasteiger partial charge in [-0.2, -0.15) is 5.10 Å². The molecular weight excluding hydrogens is 210 g/mol. The molecule has 1 atom stereocenters.